The lowest BCUT2D eigenvalue weighted by molar-refractivity contribution is 0.0990. The molecular weight excluding hydrogens is 534 g/mol. The summed E-state index contributed by atoms with van der Waals surface area (Å²) in [5.41, 5.74) is 4.06. The number of hydrogen-bond donors (Lipinski definition) is 0. The summed E-state index contributed by atoms with van der Waals surface area (Å²) in [4.78, 5) is 15.9. The first-order valence-electron chi connectivity index (χ1n) is 13.3. The van der Waals surface area contributed by atoms with Gasteiger partial charge in [-0.05, 0) is 31.5 Å². The summed E-state index contributed by atoms with van der Waals surface area (Å²) < 4.78 is 34.1. The molecule has 4 aromatic rings. The van der Waals surface area contributed by atoms with Crippen molar-refractivity contribution < 1.29 is 13.2 Å². The number of anilines is 1. The van der Waals surface area contributed by atoms with E-state index in [1.807, 2.05) is 18.3 Å². The highest BCUT2D eigenvalue weighted by atomic mass is 32.2. The van der Waals surface area contributed by atoms with E-state index in [1.165, 1.54) is 16.7 Å². The first kappa shape index (κ1) is 25.1. The second-order valence-electron chi connectivity index (χ2n) is 10.7. The van der Waals surface area contributed by atoms with Gasteiger partial charge in [-0.15, -0.1) is 11.3 Å². The minimum Gasteiger partial charge on any atom is -0.374 e. The van der Waals surface area contributed by atoms with Gasteiger partial charge in [0.25, 0.3) is 5.95 Å². The number of aryl methyl sites for hydroxylation is 1. The van der Waals surface area contributed by atoms with Gasteiger partial charge in [-0.25, -0.2) is 18.1 Å². The molecule has 1 aromatic carbocycles. The van der Waals surface area contributed by atoms with Crippen molar-refractivity contribution in [3.05, 3.63) is 53.0 Å². The molecule has 10 nitrogen and oxygen atoms in total. The molecule has 0 spiro atoms. The highest BCUT2D eigenvalue weighted by molar-refractivity contribution is 7.88. The Bertz CT molecular complexity index is 1640. The van der Waals surface area contributed by atoms with Crippen molar-refractivity contribution in [3.8, 4) is 17.2 Å². The molecule has 3 saturated heterocycles. The molecule has 0 aliphatic carbocycles. The molecule has 0 saturated carbocycles. The number of rotatable bonds is 6. The largest absolute Gasteiger partial charge is 0.374 e. The Morgan fingerprint density at radius 2 is 1.95 bits per heavy atom. The number of benzene rings is 1. The molecule has 7 rings (SSSR count). The quantitative estimate of drug-likeness (QED) is 0.352. The third-order valence-electron chi connectivity index (χ3n) is 7.85. The van der Waals surface area contributed by atoms with E-state index in [1.54, 1.807) is 20.3 Å². The van der Waals surface area contributed by atoms with Gasteiger partial charge >= 0.3 is 0 Å². The number of fused-ring (bicyclic) bond motifs is 3. The molecule has 3 fully saturated rings. The fourth-order valence-electron chi connectivity index (χ4n) is 5.82. The van der Waals surface area contributed by atoms with Gasteiger partial charge in [-0.2, -0.15) is 14.4 Å². The maximum absolute atomic E-state index is 11.9. The van der Waals surface area contributed by atoms with Gasteiger partial charge < -0.3 is 9.64 Å². The smallest absolute Gasteiger partial charge is 0.253 e. The molecule has 2 bridgehead atoms. The maximum atomic E-state index is 11.9. The minimum atomic E-state index is -3.14. The standard InChI is InChI=1S/C27H31N7O3S2/c1-18-4-3-5-19(12-18)23-6-7-34(30-23)27-28-24-14-22(16-31-8-10-32(11-9-31)39(2,35)36)38-25(24)26(29-27)33-15-21-13-20(33)17-37-21/h3-7,12,14,20-21H,8-11,13,15-17H2,1-2H3. The van der Waals surface area contributed by atoms with E-state index in [0.29, 0.717) is 38.2 Å². The fourth-order valence-corrected chi connectivity index (χ4v) is 7.79. The number of aromatic nitrogens is 4. The Labute approximate surface area is 231 Å². The Hall–Kier alpha value is -2.90. The van der Waals surface area contributed by atoms with Crippen LogP contribution in [0.1, 0.15) is 16.9 Å². The van der Waals surface area contributed by atoms with Crippen LogP contribution in [0.3, 0.4) is 0 Å². The summed E-state index contributed by atoms with van der Waals surface area (Å²) in [6.07, 6.45) is 4.50. The van der Waals surface area contributed by atoms with Crippen molar-refractivity contribution in [2.75, 3.05) is 50.5 Å². The molecule has 204 valence electrons. The molecule has 12 heteroatoms. The second kappa shape index (κ2) is 9.63. The van der Waals surface area contributed by atoms with Gasteiger partial charge in [0.05, 0.1) is 40.9 Å². The summed E-state index contributed by atoms with van der Waals surface area (Å²) in [6.45, 7) is 6.90. The zero-order valence-corrected chi connectivity index (χ0v) is 23.7. The molecule has 0 amide bonds. The van der Waals surface area contributed by atoms with Crippen LogP contribution in [0.5, 0.6) is 0 Å². The Balaban J connectivity index is 1.22. The van der Waals surface area contributed by atoms with E-state index in [9.17, 15) is 8.42 Å². The second-order valence-corrected chi connectivity index (χ2v) is 13.8. The van der Waals surface area contributed by atoms with Crippen LogP contribution in [0.4, 0.5) is 5.82 Å². The molecule has 2 atom stereocenters. The van der Waals surface area contributed by atoms with Crippen molar-refractivity contribution in [3.63, 3.8) is 0 Å². The van der Waals surface area contributed by atoms with E-state index in [-0.39, 0.29) is 6.10 Å². The summed E-state index contributed by atoms with van der Waals surface area (Å²) in [5, 5.41) is 4.83. The van der Waals surface area contributed by atoms with E-state index >= 15 is 0 Å². The fraction of sp³-hybridized carbons (Fsp3) is 0.444. The number of sulfonamides is 1. The molecular formula is C27H31N7O3S2. The van der Waals surface area contributed by atoms with Crippen LogP contribution in [0.2, 0.25) is 0 Å². The van der Waals surface area contributed by atoms with Crippen molar-refractivity contribution in [1.29, 1.82) is 0 Å². The minimum absolute atomic E-state index is 0.256. The van der Waals surface area contributed by atoms with Gasteiger partial charge in [-0.1, -0.05) is 23.8 Å². The van der Waals surface area contributed by atoms with Crippen LogP contribution >= 0.6 is 11.3 Å². The summed E-state index contributed by atoms with van der Waals surface area (Å²) in [7, 11) is -3.14. The SMILES string of the molecule is Cc1cccc(-c2ccn(-c3nc(N4CC5CC4CO5)c4sc(CN5CCN(S(C)(=O)=O)CC5)cc4n3)n2)c1. The highest BCUT2D eigenvalue weighted by Crippen LogP contribution is 2.39. The van der Waals surface area contributed by atoms with Crippen molar-refractivity contribution in [2.24, 2.45) is 0 Å². The third kappa shape index (κ3) is 4.84. The molecule has 0 N–H and O–H groups in total. The van der Waals surface area contributed by atoms with E-state index in [0.717, 1.165) is 53.4 Å². The first-order chi connectivity index (χ1) is 18.8. The van der Waals surface area contributed by atoms with E-state index in [2.05, 4.69) is 41.0 Å². The van der Waals surface area contributed by atoms with Crippen molar-refractivity contribution >= 4 is 37.4 Å². The van der Waals surface area contributed by atoms with E-state index < -0.39 is 10.0 Å². The Morgan fingerprint density at radius 1 is 1.10 bits per heavy atom. The highest BCUT2D eigenvalue weighted by Gasteiger charge is 2.41. The predicted octanol–water partition coefficient (Wildman–Crippen LogP) is 2.91. The van der Waals surface area contributed by atoms with Crippen LogP contribution in [-0.4, -0.2) is 95.1 Å². The van der Waals surface area contributed by atoms with Crippen LogP contribution in [0, 0.1) is 6.92 Å². The lowest BCUT2D eigenvalue weighted by Gasteiger charge is -2.32. The lowest BCUT2D eigenvalue weighted by Crippen LogP contribution is -2.47. The number of nitrogens with zero attached hydrogens (tertiary/aromatic N) is 7. The Morgan fingerprint density at radius 3 is 2.67 bits per heavy atom. The average Bonchev–Trinajstić information content (AvgIpc) is 3.72. The molecule has 0 radical (unpaired) electrons. The number of thiophene rings is 1. The topological polar surface area (TPSA) is 96.7 Å². The number of morpholine rings is 1. The maximum Gasteiger partial charge on any atom is 0.253 e. The number of ether oxygens (including phenoxy) is 1. The van der Waals surface area contributed by atoms with Crippen LogP contribution < -0.4 is 4.90 Å². The van der Waals surface area contributed by atoms with Gasteiger partial charge in [0, 0.05) is 55.9 Å². The first-order valence-corrected chi connectivity index (χ1v) is 16.0. The van der Waals surface area contributed by atoms with Crippen LogP contribution in [-0.2, 0) is 21.3 Å². The normalized spacial score (nSPS) is 22.4. The predicted molar refractivity (Wildman–Crippen MR) is 152 cm³/mol. The average molecular weight is 566 g/mol. The van der Waals surface area contributed by atoms with Crippen LogP contribution in [0.25, 0.3) is 27.4 Å². The van der Waals surface area contributed by atoms with Gasteiger partial charge in [-0.3, -0.25) is 4.90 Å². The zero-order valence-electron chi connectivity index (χ0n) is 22.0. The third-order valence-corrected chi connectivity index (χ3v) is 10.3. The number of hydrogen-bond acceptors (Lipinski definition) is 9. The Kier molecular flexibility index (Phi) is 6.20. The molecule has 3 aliphatic heterocycles. The lowest BCUT2D eigenvalue weighted by atomic mass is 10.1. The van der Waals surface area contributed by atoms with Crippen molar-refractivity contribution in [2.45, 2.75) is 32.0 Å². The summed E-state index contributed by atoms with van der Waals surface area (Å²) >= 11 is 1.73. The molecule has 39 heavy (non-hydrogen) atoms. The van der Waals surface area contributed by atoms with Gasteiger partial charge in [0.1, 0.15) is 0 Å². The van der Waals surface area contributed by atoms with Gasteiger partial charge in [0.2, 0.25) is 10.0 Å². The summed E-state index contributed by atoms with van der Waals surface area (Å²) in [6, 6.07) is 12.8. The van der Waals surface area contributed by atoms with Crippen LogP contribution in [0.15, 0.2) is 42.6 Å². The summed E-state index contributed by atoms with van der Waals surface area (Å²) in [5.74, 6) is 1.52. The monoisotopic (exact) mass is 565 g/mol. The molecule has 2 unspecified atom stereocenters. The molecule has 3 aliphatic rings. The van der Waals surface area contributed by atoms with Crippen molar-refractivity contribution in [1.82, 2.24) is 29.0 Å². The zero-order chi connectivity index (χ0) is 26.7. The van der Waals surface area contributed by atoms with E-state index in [4.69, 9.17) is 19.8 Å². The number of piperazine rings is 1. The molecule has 3 aromatic heterocycles. The molecule has 6 heterocycles. The van der Waals surface area contributed by atoms with Gasteiger partial charge in [0.15, 0.2) is 5.82 Å².